The number of fused-ring (bicyclic) bond motifs is 2. The Hall–Kier alpha value is -1.70. The smallest absolute Gasteiger partial charge is 0.310 e. The number of halogens is 1. The molecule has 2 aliphatic carbocycles. The van der Waals surface area contributed by atoms with Crippen molar-refractivity contribution >= 4 is 11.7 Å². The summed E-state index contributed by atoms with van der Waals surface area (Å²) >= 11 is 0. The predicted molar refractivity (Wildman–Crippen MR) is 123 cm³/mol. The van der Waals surface area contributed by atoms with Crippen molar-refractivity contribution in [2.75, 3.05) is 44.7 Å². The minimum atomic E-state index is -0.982. The fraction of sp³-hybridized carbons (Fsp3) is 0.731. The molecule has 0 bridgehead atoms. The van der Waals surface area contributed by atoms with Crippen molar-refractivity contribution < 1.29 is 23.8 Å². The number of hydrogen-bond donors (Lipinski definition) is 1. The summed E-state index contributed by atoms with van der Waals surface area (Å²) in [6.07, 6.45) is 3.84. The highest BCUT2D eigenvalue weighted by molar-refractivity contribution is 5.75. The van der Waals surface area contributed by atoms with Crippen molar-refractivity contribution in [3.63, 3.8) is 0 Å². The Labute approximate surface area is 196 Å². The maximum Gasteiger partial charge on any atom is 0.310 e. The van der Waals surface area contributed by atoms with Crippen molar-refractivity contribution in [1.82, 2.24) is 4.90 Å². The zero-order chi connectivity index (χ0) is 23.4. The number of carbonyl (C=O) groups is 1. The van der Waals surface area contributed by atoms with E-state index in [2.05, 4.69) is 16.7 Å². The summed E-state index contributed by atoms with van der Waals surface area (Å²) in [7, 11) is 1.69. The minimum Gasteiger partial charge on any atom is -0.462 e. The molecular formula is C26H37FN2O4. The average Bonchev–Trinajstić information content (AvgIpc) is 3.07. The molecule has 0 amide bonds. The van der Waals surface area contributed by atoms with Gasteiger partial charge in [0.05, 0.1) is 22.8 Å². The van der Waals surface area contributed by atoms with E-state index in [0.717, 1.165) is 45.4 Å². The molecule has 2 heterocycles. The molecule has 2 saturated carbocycles. The van der Waals surface area contributed by atoms with Crippen LogP contribution in [0.25, 0.3) is 0 Å². The third kappa shape index (κ3) is 3.58. The fourth-order valence-corrected chi connectivity index (χ4v) is 7.25. The van der Waals surface area contributed by atoms with Crippen molar-refractivity contribution in [3.05, 3.63) is 30.1 Å². The molecule has 0 spiro atoms. The van der Waals surface area contributed by atoms with Gasteiger partial charge in [0.15, 0.2) is 0 Å². The predicted octanol–water partition coefficient (Wildman–Crippen LogP) is 3.23. The van der Waals surface area contributed by atoms with Crippen LogP contribution in [0, 0.1) is 23.1 Å². The molecule has 0 radical (unpaired) electrons. The number of para-hydroxylation sites is 1. The second kappa shape index (κ2) is 8.21. The first-order valence-electron chi connectivity index (χ1n) is 12.4. The lowest BCUT2D eigenvalue weighted by Crippen LogP contribution is -2.69. The van der Waals surface area contributed by atoms with Gasteiger partial charge in [0, 0.05) is 51.2 Å². The van der Waals surface area contributed by atoms with Gasteiger partial charge in [0.2, 0.25) is 0 Å². The number of benzene rings is 1. The molecule has 0 aromatic heterocycles. The maximum absolute atomic E-state index is 14.2. The number of anilines is 1. The molecule has 0 unspecified atom stereocenters. The lowest BCUT2D eigenvalue weighted by molar-refractivity contribution is -0.270. The molecule has 7 heteroatoms. The normalized spacial score (nSPS) is 41.4. The topological polar surface area (TPSA) is 62.2 Å². The number of ether oxygens (including phenoxy) is 2. The molecule has 1 aromatic rings. The van der Waals surface area contributed by atoms with Crippen LogP contribution in [0.5, 0.6) is 0 Å². The molecule has 182 valence electrons. The zero-order valence-electron chi connectivity index (χ0n) is 20.1. The second-order valence-corrected chi connectivity index (χ2v) is 11.1. The van der Waals surface area contributed by atoms with Crippen LogP contribution in [-0.2, 0) is 14.3 Å². The molecule has 2 aliphatic heterocycles. The number of nitrogens with zero attached hydrogens (tertiary/aromatic N) is 2. The third-order valence-corrected chi connectivity index (χ3v) is 9.47. The molecule has 4 aliphatic rings. The van der Waals surface area contributed by atoms with Crippen molar-refractivity contribution in [1.29, 1.82) is 0 Å². The van der Waals surface area contributed by atoms with Gasteiger partial charge in [-0.1, -0.05) is 19.1 Å². The number of piperazine rings is 1. The molecule has 5 rings (SSSR count). The van der Waals surface area contributed by atoms with Gasteiger partial charge in [-0.3, -0.25) is 9.69 Å². The highest BCUT2D eigenvalue weighted by atomic mass is 19.1. The Balaban J connectivity index is 1.29. The Morgan fingerprint density at radius 1 is 1.15 bits per heavy atom. The van der Waals surface area contributed by atoms with Gasteiger partial charge in [-0.05, 0) is 51.2 Å². The maximum atomic E-state index is 14.2. The van der Waals surface area contributed by atoms with E-state index in [0.29, 0.717) is 25.1 Å². The average molecular weight is 461 g/mol. The van der Waals surface area contributed by atoms with E-state index < -0.39 is 11.2 Å². The zero-order valence-corrected chi connectivity index (χ0v) is 20.1. The lowest BCUT2D eigenvalue weighted by Gasteiger charge is -2.62. The number of carbonyl (C=O) groups excluding carboxylic acids is 1. The van der Waals surface area contributed by atoms with E-state index in [-0.39, 0.29) is 35.1 Å². The quantitative estimate of drug-likeness (QED) is 0.697. The number of methoxy groups -OCH3 is 1. The molecule has 33 heavy (non-hydrogen) atoms. The van der Waals surface area contributed by atoms with Crippen LogP contribution in [0.1, 0.15) is 46.0 Å². The summed E-state index contributed by atoms with van der Waals surface area (Å²) < 4.78 is 26.0. The summed E-state index contributed by atoms with van der Waals surface area (Å²) in [6.45, 7) is 7.78. The van der Waals surface area contributed by atoms with E-state index in [1.165, 1.54) is 6.07 Å². The first-order valence-corrected chi connectivity index (χ1v) is 12.4. The molecule has 6 atom stereocenters. The first kappa shape index (κ1) is 23.1. The SMILES string of the molecule is CO[C@]1(C)CCC[C@]2(C)C[C@H]3OC(=O)[C@H](CN4CCN(c5ccccc5F)CC4)[C@H]3C[C@@]21O. The van der Waals surface area contributed by atoms with Crippen LogP contribution < -0.4 is 4.90 Å². The highest BCUT2D eigenvalue weighted by Crippen LogP contribution is 2.61. The van der Waals surface area contributed by atoms with Crippen LogP contribution in [0.4, 0.5) is 10.1 Å². The highest BCUT2D eigenvalue weighted by Gasteiger charge is 2.67. The number of aliphatic hydroxyl groups is 1. The van der Waals surface area contributed by atoms with Crippen LogP contribution in [0.2, 0.25) is 0 Å². The van der Waals surface area contributed by atoms with Gasteiger partial charge in [-0.2, -0.15) is 0 Å². The van der Waals surface area contributed by atoms with Crippen molar-refractivity contribution in [3.8, 4) is 0 Å². The Morgan fingerprint density at radius 2 is 1.88 bits per heavy atom. The molecule has 4 fully saturated rings. The van der Waals surface area contributed by atoms with Gasteiger partial charge >= 0.3 is 5.97 Å². The molecule has 1 N–H and O–H groups in total. The fourth-order valence-electron chi connectivity index (χ4n) is 7.25. The Kier molecular flexibility index (Phi) is 5.73. The molecule has 1 aromatic carbocycles. The first-order chi connectivity index (χ1) is 15.7. The largest absolute Gasteiger partial charge is 0.462 e. The van der Waals surface area contributed by atoms with Gasteiger partial charge in [-0.25, -0.2) is 4.39 Å². The summed E-state index contributed by atoms with van der Waals surface area (Å²) in [4.78, 5) is 17.3. The molecular weight excluding hydrogens is 423 g/mol. The van der Waals surface area contributed by atoms with Gasteiger partial charge in [0.1, 0.15) is 11.9 Å². The summed E-state index contributed by atoms with van der Waals surface area (Å²) in [5.74, 6) is -0.578. The van der Waals surface area contributed by atoms with Crippen LogP contribution in [0.3, 0.4) is 0 Å². The van der Waals surface area contributed by atoms with E-state index >= 15 is 0 Å². The standard InChI is InChI=1S/C26H37FN2O4/c1-24-9-6-10-25(2,32-3)26(24,31)15-18-19(23(30)33-22(18)16-24)17-28-11-13-29(14-12-28)21-8-5-4-7-20(21)27/h4-5,7-8,18-19,22,31H,6,9-17H2,1-3H3/t18-,19-,22-,24-,25-,26-/m1/s1. The van der Waals surface area contributed by atoms with Crippen molar-refractivity contribution in [2.45, 2.75) is 63.3 Å². The summed E-state index contributed by atoms with van der Waals surface area (Å²) in [5.41, 5.74) is -1.28. The Bertz CT molecular complexity index is 906. The van der Waals surface area contributed by atoms with Crippen molar-refractivity contribution in [2.24, 2.45) is 17.3 Å². The lowest BCUT2D eigenvalue weighted by atomic mass is 9.49. The monoisotopic (exact) mass is 460 g/mol. The van der Waals surface area contributed by atoms with Crippen LogP contribution in [0.15, 0.2) is 24.3 Å². The van der Waals surface area contributed by atoms with Gasteiger partial charge in [0.25, 0.3) is 0 Å². The van der Waals surface area contributed by atoms with Crippen LogP contribution >= 0.6 is 0 Å². The number of esters is 1. The van der Waals surface area contributed by atoms with Gasteiger partial charge in [-0.15, -0.1) is 0 Å². The number of hydrogen-bond acceptors (Lipinski definition) is 6. The second-order valence-electron chi connectivity index (χ2n) is 11.1. The Morgan fingerprint density at radius 3 is 2.58 bits per heavy atom. The minimum absolute atomic E-state index is 0.00672. The number of rotatable bonds is 4. The van der Waals surface area contributed by atoms with E-state index in [9.17, 15) is 14.3 Å². The van der Waals surface area contributed by atoms with Gasteiger partial charge < -0.3 is 19.5 Å². The van der Waals surface area contributed by atoms with E-state index in [1.807, 2.05) is 19.1 Å². The third-order valence-electron chi connectivity index (χ3n) is 9.47. The summed E-state index contributed by atoms with van der Waals surface area (Å²) in [5, 5.41) is 12.1. The van der Waals surface area contributed by atoms with E-state index in [4.69, 9.17) is 9.47 Å². The summed E-state index contributed by atoms with van der Waals surface area (Å²) in [6, 6.07) is 6.89. The molecule has 2 saturated heterocycles. The van der Waals surface area contributed by atoms with Crippen LogP contribution in [-0.4, -0.2) is 73.1 Å². The molecule has 6 nitrogen and oxygen atoms in total. The van der Waals surface area contributed by atoms with E-state index in [1.54, 1.807) is 13.2 Å².